The average molecular weight is 367 g/mol. The van der Waals surface area contributed by atoms with Crippen LogP contribution in [0.2, 0.25) is 0 Å². The van der Waals surface area contributed by atoms with Crippen LogP contribution in [0.1, 0.15) is 0 Å². The second-order valence-electron chi connectivity index (χ2n) is 5.38. The monoisotopic (exact) mass is 366 g/mol. The fourth-order valence-corrected chi connectivity index (χ4v) is 4.91. The lowest BCUT2D eigenvalue weighted by Crippen LogP contribution is -2.00. The highest BCUT2D eigenvalue weighted by molar-refractivity contribution is 9.10. The highest BCUT2D eigenvalue weighted by Gasteiger charge is 2.22. The van der Waals surface area contributed by atoms with Crippen LogP contribution in [0.5, 0.6) is 0 Å². The molecule has 0 amide bonds. The number of hydrogen-bond acceptors (Lipinski definition) is 2. The van der Waals surface area contributed by atoms with E-state index in [0.29, 0.717) is 0 Å². The molecule has 0 fully saturated rings. The van der Waals surface area contributed by atoms with Crippen LogP contribution in [-0.4, -0.2) is 4.98 Å². The summed E-state index contributed by atoms with van der Waals surface area (Å²) in [6.45, 7) is 0. The fraction of sp³-hybridized carbons (Fsp3) is 0. The van der Waals surface area contributed by atoms with Gasteiger partial charge in [0.15, 0.2) is 0 Å². The molecular formula is C18H11BrN2S. The zero-order valence-electron chi connectivity index (χ0n) is 11.5. The van der Waals surface area contributed by atoms with Gasteiger partial charge in [-0.3, -0.25) is 0 Å². The number of para-hydroxylation sites is 2. The van der Waals surface area contributed by atoms with E-state index in [0.717, 1.165) is 10.2 Å². The molecule has 0 bridgehead atoms. The van der Waals surface area contributed by atoms with Crippen molar-refractivity contribution in [2.45, 2.75) is 9.79 Å². The molecule has 0 aliphatic carbocycles. The molecule has 2 heterocycles. The number of benzene rings is 3. The maximum atomic E-state index is 3.72. The molecule has 0 atom stereocenters. The van der Waals surface area contributed by atoms with Crippen LogP contribution in [0.15, 0.2) is 68.9 Å². The van der Waals surface area contributed by atoms with Crippen LogP contribution < -0.4 is 5.32 Å². The molecule has 3 aromatic carbocycles. The molecule has 4 heteroatoms. The molecule has 1 aliphatic rings. The summed E-state index contributed by atoms with van der Waals surface area (Å²) in [5, 5.41) is 6.14. The van der Waals surface area contributed by atoms with E-state index in [1.165, 1.54) is 37.3 Å². The maximum Gasteiger partial charge on any atom is 0.0678 e. The quantitative estimate of drug-likeness (QED) is 0.337. The Morgan fingerprint density at radius 1 is 0.909 bits per heavy atom. The number of aromatic nitrogens is 1. The van der Waals surface area contributed by atoms with Gasteiger partial charge in [-0.25, -0.2) is 0 Å². The third-order valence-electron chi connectivity index (χ3n) is 4.06. The van der Waals surface area contributed by atoms with Crippen molar-refractivity contribution in [3.05, 3.63) is 59.1 Å². The van der Waals surface area contributed by atoms with E-state index < -0.39 is 0 Å². The fourth-order valence-electron chi connectivity index (χ4n) is 3.07. The van der Waals surface area contributed by atoms with Gasteiger partial charge in [-0.1, -0.05) is 42.1 Å². The van der Waals surface area contributed by atoms with Crippen molar-refractivity contribution in [1.82, 2.24) is 4.98 Å². The van der Waals surface area contributed by atoms with Crippen LogP contribution in [-0.2, 0) is 0 Å². The summed E-state index contributed by atoms with van der Waals surface area (Å²) in [6.07, 6.45) is 0. The lowest BCUT2D eigenvalue weighted by Gasteiger charge is -2.22. The average Bonchev–Trinajstić information content (AvgIpc) is 2.91. The van der Waals surface area contributed by atoms with E-state index in [4.69, 9.17) is 0 Å². The number of anilines is 2. The van der Waals surface area contributed by atoms with Gasteiger partial charge in [0, 0.05) is 36.1 Å². The van der Waals surface area contributed by atoms with Crippen molar-refractivity contribution < 1.29 is 0 Å². The van der Waals surface area contributed by atoms with Gasteiger partial charge in [0.1, 0.15) is 0 Å². The van der Waals surface area contributed by atoms with Crippen molar-refractivity contribution in [3.63, 3.8) is 0 Å². The second kappa shape index (κ2) is 4.54. The number of halogens is 1. The number of nitrogens with one attached hydrogen (secondary N) is 2. The summed E-state index contributed by atoms with van der Waals surface area (Å²) in [5.41, 5.74) is 4.67. The van der Waals surface area contributed by atoms with Gasteiger partial charge in [-0.2, -0.15) is 0 Å². The first-order valence-electron chi connectivity index (χ1n) is 7.08. The normalized spacial score (nSPS) is 13.0. The third-order valence-corrected chi connectivity index (χ3v) is 5.87. The minimum absolute atomic E-state index is 1.09. The van der Waals surface area contributed by atoms with Gasteiger partial charge in [0.25, 0.3) is 0 Å². The standard InChI is InChI=1S/C18H11BrN2S/c19-11-9-14-16(10-5-1-2-6-12(10)20-14)18-17(11)21-13-7-3-4-8-15(13)22-18/h1-9,20-21H. The minimum Gasteiger partial charge on any atom is -0.354 e. The lowest BCUT2D eigenvalue weighted by molar-refractivity contribution is 1.33. The first kappa shape index (κ1) is 12.6. The largest absolute Gasteiger partial charge is 0.354 e. The topological polar surface area (TPSA) is 27.8 Å². The molecule has 1 aliphatic heterocycles. The molecule has 0 saturated carbocycles. The highest BCUT2D eigenvalue weighted by Crippen LogP contribution is 2.51. The van der Waals surface area contributed by atoms with Crippen molar-refractivity contribution in [2.24, 2.45) is 0 Å². The maximum absolute atomic E-state index is 3.72. The summed E-state index contributed by atoms with van der Waals surface area (Å²) in [7, 11) is 0. The van der Waals surface area contributed by atoms with E-state index in [1.54, 1.807) is 0 Å². The molecule has 22 heavy (non-hydrogen) atoms. The van der Waals surface area contributed by atoms with E-state index >= 15 is 0 Å². The minimum atomic E-state index is 1.09. The predicted molar refractivity (Wildman–Crippen MR) is 97.4 cm³/mol. The molecule has 0 saturated heterocycles. The summed E-state index contributed by atoms with van der Waals surface area (Å²) in [4.78, 5) is 6.06. The van der Waals surface area contributed by atoms with Crippen LogP contribution in [0.3, 0.4) is 0 Å². The SMILES string of the molecule is Brc1cc2[nH]c3ccccc3c2c2c1Nc1ccccc1S2. The molecule has 0 spiro atoms. The Morgan fingerprint density at radius 3 is 2.68 bits per heavy atom. The van der Waals surface area contributed by atoms with Crippen molar-refractivity contribution >= 4 is 60.9 Å². The van der Waals surface area contributed by atoms with E-state index in [-0.39, 0.29) is 0 Å². The van der Waals surface area contributed by atoms with E-state index in [2.05, 4.69) is 80.8 Å². The third kappa shape index (κ3) is 1.68. The molecule has 5 rings (SSSR count). The smallest absolute Gasteiger partial charge is 0.0678 e. The molecule has 1 aromatic heterocycles. The number of fused-ring (bicyclic) bond motifs is 6. The summed E-state index contributed by atoms with van der Waals surface area (Å²) < 4.78 is 1.09. The lowest BCUT2D eigenvalue weighted by atomic mass is 10.1. The second-order valence-corrected chi connectivity index (χ2v) is 7.29. The molecule has 2 nitrogen and oxygen atoms in total. The first-order chi connectivity index (χ1) is 10.8. The molecule has 0 unspecified atom stereocenters. The summed E-state index contributed by atoms with van der Waals surface area (Å²) >= 11 is 5.55. The Labute approximate surface area is 140 Å². The summed E-state index contributed by atoms with van der Waals surface area (Å²) in [6, 6.07) is 19.1. The molecule has 2 N–H and O–H groups in total. The van der Waals surface area contributed by atoms with Gasteiger partial charge in [0.2, 0.25) is 0 Å². The number of H-pyrrole nitrogens is 1. The van der Waals surface area contributed by atoms with Gasteiger partial charge >= 0.3 is 0 Å². The van der Waals surface area contributed by atoms with Crippen LogP contribution in [0, 0.1) is 0 Å². The Kier molecular flexibility index (Phi) is 2.60. The van der Waals surface area contributed by atoms with Gasteiger partial charge in [0.05, 0.1) is 11.4 Å². The van der Waals surface area contributed by atoms with Crippen LogP contribution in [0.25, 0.3) is 21.8 Å². The Balaban J connectivity index is 1.90. The van der Waals surface area contributed by atoms with Gasteiger partial charge in [-0.15, -0.1) is 0 Å². The van der Waals surface area contributed by atoms with Crippen molar-refractivity contribution in [1.29, 1.82) is 0 Å². The van der Waals surface area contributed by atoms with Crippen LogP contribution >= 0.6 is 27.7 Å². The molecule has 0 radical (unpaired) electrons. The van der Waals surface area contributed by atoms with Gasteiger partial charge < -0.3 is 10.3 Å². The zero-order valence-corrected chi connectivity index (χ0v) is 13.9. The molecule has 106 valence electrons. The van der Waals surface area contributed by atoms with E-state index in [1.807, 2.05) is 11.8 Å². The predicted octanol–water partition coefficient (Wildman–Crippen LogP) is 6.29. The van der Waals surface area contributed by atoms with Gasteiger partial charge in [-0.05, 0) is 40.2 Å². The highest BCUT2D eigenvalue weighted by atomic mass is 79.9. The van der Waals surface area contributed by atoms with E-state index in [9.17, 15) is 0 Å². The van der Waals surface area contributed by atoms with Crippen molar-refractivity contribution in [2.75, 3.05) is 5.32 Å². The number of rotatable bonds is 0. The summed E-state index contributed by atoms with van der Waals surface area (Å²) in [5.74, 6) is 0. The van der Waals surface area contributed by atoms with Crippen LogP contribution in [0.4, 0.5) is 11.4 Å². The molecule has 4 aromatic rings. The zero-order chi connectivity index (χ0) is 14.7. The Hall–Kier alpha value is -1.91. The number of hydrogen-bond donors (Lipinski definition) is 2. The number of aromatic amines is 1. The first-order valence-corrected chi connectivity index (χ1v) is 8.69. The Bertz CT molecular complexity index is 1050. The Morgan fingerprint density at radius 2 is 1.73 bits per heavy atom. The van der Waals surface area contributed by atoms with Crippen molar-refractivity contribution in [3.8, 4) is 0 Å². The molecular weight excluding hydrogens is 356 g/mol.